The van der Waals surface area contributed by atoms with Gasteiger partial charge in [-0.15, -0.1) is 0 Å². The Morgan fingerprint density at radius 1 is 1.21 bits per heavy atom. The molecule has 0 radical (unpaired) electrons. The van der Waals surface area contributed by atoms with E-state index >= 15 is 0 Å². The number of amides is 1. The van der Waals surface area contributed by atoms with Gasteiger partial charge in [0.25, 0.3) is 15.9 Å². The first-order chi connectivity index (χ1) is 13.4. The summed E-state index contributed by atoms with van der Waals surface area (Å²) < 4.78 is 38.9. The van der Waals surface area contributed by atoms with Gasteiger partial charge in [0.1, 0.15) is 10.6 Å². The zero-order valence-electron chi connectivity index (χ0n) is 15.9. The minimum atomic E-state index is -3.94. The van der Waals surface area contributed by atoms with E-state index in [9.17, 15) is 13.2 Å². The van der Waals surface area contributed by atoms with Crippen LogP contribution in [0, 0.1) is 6.92 Å². The lowest BCUT2D eigenvalue weighted by molar-refractivity contribution is 0.0857. The molecule has 0 spiro atoms. The highest BCUT2D eigenvalue weighted by atomic mass is 32.2. The number of sulfonamides is 1. The molecule has 1 heterocycles. The van der Waals surface area contributed by atoms with Crippen molar-refractivity contribution in [3.8, 4) is 5.75 Å². The van der Waals surface area contributed by atoms with E-state index in [4.69, 9.17) is 9.47 Å². The van der Waals surface area contributed by atoms with Gasteiger partial charge in [0.05, 0.1) is 13.2 Å². The highest BCUT2D eigenvalue weighted by Crippen LogP contribution is 2.27. The van der Waals surface area contributed by atoms with Gasteiger partial charge in [-0.3, -0.25) is 9.52 Å². The van der Waals surface area contributed by atoms with Crippen LogP contribution in [-0.4, -0.2) is 40.7 Å². The van der Waals surface area contributed by atoms with Crippen molar-refractivity contribution in [3.05, 3.63) is 53.6 Å². The second kappa shape index (κ2) is 8.62. The van der Waals surface area contributed by atoms with Crippen molar-refractivity contribution in [1.82, 2.24) is 5.32 Å². The van der Waals surface area contributed by atoms with E-state index in [1.165, 1.54) is 25.3 Å². The molecule has 1 aliphatic heterocycles. The third-order valence-electron chi connectivity index (χ3n) is 4.53. The van der Waals surface area contributed by atoms with E-state index in [0.29, 0.717) is 18.8 Å². The second-order valence-corrected chi connectivity index (χ2v) is 8.33. The van der Waals surface area contributed by atoms with E-state index in [-0.39, 0.29) is 28.2 Å². The maximum absolute atomic E-state index is 12.9. The predicted molar refractivity (Wildman–Crippen MR) is 106 cm³/mol. The first-order valence-corrected chi connectivity index (χ1v) is 10.5. The van der Waals surface area contributed by atoms with Gasteiger partial charge in [0.15, 0.2) is 0 Å². The summed E-state index contributed by atoms with van der Waals surface area (Å²) in [6.07, 6.45) is 1.90. The molecule has 1 saturated heterocycles. The van der Waals surface area contributed by atoms with Crippen LogP contribution in [0.3, 0.4) is 0 Å². The minimum Gasteiger partial charge on any atom is -0.495 e. The number of anilines is 1. The lowest BCUT2D eigenvalue weighted by atomic mass is 10.2. The third-order valence-corrected chi connectivity index (χ3v) is 5.94. The molecule has 0 unspecified atom stereocenters. The molecule has 0 aliphatic carbocycles. The molecule has 2 aromatic carbocycles. The molecule has 7 nitrogen and oxygen atoms in total. The number of methoxy groups -OCH3 is 1. The van der Waals surface area contributed by atoms with E-state index in [2.05, 4.69) is 10.0 Å². The van der Waals surface area contributed by atoms with Crippen molar-refractivity contribution in [2.75, 3.05) is 25.0 Å². The monoisotopic (exact) mass is 404 g/mol. The van der Waals surface area contributed by atoms with E-state index in [1.54, 1.807) is 12.1 Å². The number of carbonyl (C=O) groups is 1. The Hall–Kier alpha value is -2.58. The summed E-state index contributed by atoms with van der Waals surface area (Å²) in [6.45, 7) is 3.02. The topological polar surface area (TPSA) is 93.7 Å². The van der Waals surface area contributed by atoms with Crippen LogP contribution in [0.4, 0.5) is 5.69 Å². The molecule has 150 valence electrons. The molecular formula is C20H24N2O5S. The average molecular weight is 404 g/mol. The fraction of sp³-hybridized carbons (Fsp3) is 0.350. The molecule has 0 aromatic heterocycles. The van der Waals surface area contributed by atoms with Crippen molar-refractivity contribution in [3.63, 3.8) is 0 Å². The van der Waals surface area contributed by atoms with Gasteiger partial charge in [0.2, 0.25) is 0 Å². The molecule has 2 N–H and O–H groups in total. The zero-order chi connectivity index (χ0) is 20.1. The van der Waals surface area contributed by atoms with E-state index in [0.717, 1.165) is 18.4 Å². The fourth-order valence-electron chi connectivity index (χ4n) is 2.97. The number of hydrogen-bond donors (Lipinski definition) is 2. The third kappa shape index (κ3) is 4.82. The Balaban J connectivity index is 1.81. The smallest absolute Gasteiger partial charge is 0.265 e. The fourth-order valence-corrected chi connectivity index (χ4v) is 4.23. The average Bonchev–Trinajstić information content (AvgIpc) is 3.21. The summed E-state index contributed by atoms with van der Waals surface area (Å²) in [4.78, 5) is 12.4. The number of carbonyl (C=O) groups excluding carboxylic acids is 1. The largest absolute Gasteiger partial charge is 0.495 e. The maximum Gasteiger partial charge on any atom is 0.265 e. The van der Waals surface area contributed by atoms with Gasteiger partial charge in [0, 0.05) is 24.4 Å². The molecule has 1 fully saturated rings. The van der Waals surface area contributed by atoms with Crippen LogP contribution in [0.1, 0.15) is 28.8 Å². The summed E-state index contributed by atoms with van der Waals surface area (Å²) in [5, 5.41) is 2.79. The highest BCUT2D eigenvalue weighted by Gasteiger charge is 2.23. The van der Waals surface area contributed by atoms with Gasteiger partial charge in [-0.2, -0.15) is 0 Å². The minimum absolute atomic E-state index is 0.00797. The summed E-state index contributed by atoms with van der Waals surface area (Å²) >= 11 is 0. The molecule has 3 rings (SSSR count). The second-order valence-electron chi connectivity index (χ2n) is 6.68. The molecule has 0 saturated carbocycles. The van der Waals surface area contributed by atoms with Crippen molar-refractivity contribution < 1.29 is 22.7 Å². The molecular weight excluding hydrogens is 380 g/mol. The van der Waals surface area contributed by atoms with Gasteiger partial charge < -0.3 is 14.8 Å². The van der Waals surface area contributed by atoms with Crippen LogP contribution in [0.5, 0.6) is 5.75 Å². The number of ether oxygens (including phenoxy) is 2. The lowest BCUT2D eigenvalue weighted by Crippen LogP contribution is -2.31. The van der Waals surface area contributed by atoms with Crippen LogP contribution < -0.4 is 14.8 Å². The van der Waals surface area contributed by atoms with Crippen LogP contribution in [-0.2, 0) is 14.8 Å². The number of benzene rings is 2. The Morgan fingerprint density at radius 3 is 2.61 bits per heavy atom. The van der Waals surface area contributed by atoms with E-state index in [1.807, 2.05) is 19.1 Å². The number of rotatable bonds is 7. The zero-order valence-corrected chi connectivity index (χ0v) is 16.7. The van der Waals surface area contributed by atoms with Crippen LogP contribution in [0.15, 0.2) is 47.4 Å². The molecule has 1 amide bonds. The summed E-state index contributed by atoms with van der Waals surface area (Å²) in [5.41, 5.74) is 1.69. The predicted octanol–water partition coefficient (Wildman–Crippen LogP) is 2.71. The standard InChI is InChI=1S/C20H24N2O5S/c1-14-5-8-16(9-6-14)22-28(24,25)19-12-15(7-10-18(19)26-2)20(23)21-13-17-4-3-11-27-17/h5-10,12,17,22H,3-4,11,13H2,1-2H3,(H,21,23)/t17-/m1/s1. The van der Waals surface area contributed by atoms with Crippen molar-refractivity contribution in [2.24, 2.45) is 0 Å². The van der Waals surface area contributed by atoms with Gasteiger partial charge >= 0.3 is 0 Å². The van der Waals surface area contributed by atoms with Gasteiger partial charge in [-0.1, -0.05) is 17.7 Å². The van der Waals surface area contributed by atoms with E-state index < -0.39 is 10.0 Å². The molecule has 1 aliphatic rings. The SMILES string of the molecule is COc1ccc(C(=O)NC[C@H]2CCCO2)cc1S(=O)(=O)Nc1ccc(C)cc1. The number of nitrogens with one attached hydrogen (secondary N) is 2. The summed E-state index contributed by atoms with van der Waals surface area (Å²) in [7, 11) is -2.55. The molecule has 8 heteroatoms. The Morgan fingerprint density at radius 2 is 1.96 bits per heavy atom. The highest BCUT2D eigenvalue weighted by molar-refractivity contribution is 7.92. The van der Waals surface area contributed by atoms with Crippen LogP contribution in [0.25, 0.3) is 0 Å². The first kappa shape index (κ1) is 20.2. The van der Waals surface area contributed by atoms with Gasteiger partial charge in [-0.05, 0) is 50.1 Å². The van der Waals surface area contributed by atoms with Crippen molar-refractivity contribution in [2.45, 2.75) is 30.8 Å². The lowest BCUT2D eigenvalue weighted by Gasteiger charge is -2.14. The van der Waals surface area contributed by atoms with Crippen molar-refractivity contribution in [1.29, 1.82) is 0 Å². The van der Waals surface area contributed by atoms with Crippen LogP contribution in [0.2, 0.25) is 0 Å². The summed E-state index contributed by atoms with van der Waals surface area (Å²) in [5.74, 6) is -0.194. The normalized spacial score (nSPS) is 16.6. The molecule has 1 atom stereocenters. The van der Waals surface area contributed by atoms with Crippen molar-refractivity contribution >= 4 is 21.6 Å². The van der Waals surface area contributed by atoms with Crippen LogP contribution >= 0.6 is 0 Å². The number of hydrogen-bond acceptors (Lipinski definition) is 5. The molecule has 0 bridgehead atoms. The molecule has 28 heavy (non-hydrogen) atoms. The summed E-state index contributed by atoms with van der Waals surface area (Å²) in [6, 6.07) is 11.3. The maximum atomic E-state index is 12.9. The number of aryl methyl sites for hydroxylation is 1. The Bertz CT molecular complexity index is 936. The quantitative estimate of drug-likeness (QED) is 0.740. The van der Waals surface area contributed by atoms with Gasteiger partial charge in [-0.25, -0.2) is 8.42 Å². The first-order valence-electron chi connectivity index (χ1n) is 9.06. The Labute approximate surface area is 165 Å². The Kier molecular flexibility index (Phi) is 6.21. The molecule has 2 aromatic rings.